The lowest BCUT2D eigenvalue weighted by atomic mass is 10.0. The van der Waals surface area contributed by atoms with Gasteiger partial charge < -0.3 is 4.98 Å². The minimum Gasteiger partial charge on any atom is -0.322 e. The Morgan fingerprint density at radius 1 is 1.41 bits per heavy atom. The normalized spacial score (nSPS) is 9.88. The monoisotopic (exact) mass is 228 g/mol. The van der Waals surface area contributed by atoms with Crippen molar-refractivity contribution < 1.29 is 4.39 Å². The van der Waals surface area contributed by atoms with Crippen molar-refractivity contribution in [3.05, 3.63) is 52.2 Å². The molecule has 2 heterocycles. The second-order valence-electron chi connectivity index (χ2n) is 3.39. The predicted octanol–water partition coefficient (Wildman–Crippen LogP) is 1.78. The Morgan fingerprint density at radius 2 is 2.12 bits per heavy atom. The topological polar surface area (TPSA) is 69.5 Å². The maximum Gasteiger partial charge on any atom is 0.266 e. The number of H-pyrrole nitrogens is 1. The number of alkyl halides is 1. The van der Waals surface area contributed by atoms with Crippen LogP contribution in [0.25, 0.3) is 11.1 Å². The van der Waals surface area contributed by atoms with E-state index in [4.69, 9.17) is 5.26 Å². The van der Waals surface area contributed by atoms with Gasteiger partial charge >= 0.3 is 0 Å². The Kier molecular flexibility index (Phi) is 2.97. The van der Waals surface area contributed by atoms with Crippen LogP contribution in [0.4, 0.5) is 4.39 Å². The molecule has 0 amide bonds. The van der Waals surface area contributed by atoms with Gasteiger partial charge in [0.15, 0.2) is 0 Å². The van der Waals surface area contributed by atoms with Crippen molar-refractivity contribution in [2.45, 2.75) is 6.67 Å². The minimum atomic E-state index is -0.793. The summed E-state index contributed by atoms with van der Waals surface area (Å²) >= 11 is 0. The number of aromatic nitrogens is 2. The number of halogens is 1. The Morgan fingerprint density at radius 3 is 2.71 bits per heavy atom. The average Bonchev–Trinajstić information content (AvgIpc) is 2.39. The molecule has 0 spiro atoms. The maximum atomic E-state index is 12.8. The molecular formula is C12H8FN3O. The van der Waals surface area contributed by atoms with Gasteiger partial charge in [-0.25, -0.2) is 4.39 Å². The fourth-order valence-electron chi connectivity index (χ4n) is 1.55. The molecule has 0 unspecified atom stereocenters. The SMILES string of the molecule is N#Cc1cc(-c2ccncc2)c(C[18F])[nH]c1=O. The number of hydrogen-bond acceptors (Lipinski definition) is 3. The van der Waals surface area contributed by atoms with Gasteiger partial charge in [0.05, 0.1) is 5.69 Å². The van der Waals surface area contributed by atoms with Crippen molar-refractivity contribution in [3.8, 4) is 17.2 Å². The Labute approximate surface area is 96.4 Å². The molecule has 0 aromatic carbocycles. The van der Waals surface area contributed by atoms with Crippen LogP contribution >= 0.6 is 0 Å². The summed E-state index contributed by atoms with van der Waals surface area (Å²) in [6.07, 6.45) is 3.13. The van der Waals surface area contributed by atoms with Crippen LogP contribution in [-0.4, -0.2) is 9.97 Å². The maximum absolute atomic E-state index is 12.8. The lowest BCUT2D eigenvalue weighted by Crippen LogP contribution is -2.13. The highest BCUT2D eigenvalue weighted by atomic mass is 18.2. The first kappa shape index (κ1) is 11.0. The van der Waals surface area contributed by atoms with Gasteiger partial charge in [0, 0.05) is 18.0 Å². The fourth-order valence-corrected chi connectivity index (χ4v) is 1.55. The van der Waals surface area contributed by atoms with Crippen molar-refractivity contribution in [1.29, 1.82) is 5.26 Å². The molecule has 0 atom stereocenters. The van der Waals surface area contributed by atoms with Crippen molar-refractivity contribution >= 4 is 0 Å². The number of aromatic amines is 1. The third-order valence-electron chi connectivity index (χ3n) is 2.37. The van der Waals surface area contributed by atoms with Crippen LogP contribution in [0.3, 0.4) is 0 Å². The quantitative estimate of drug-likeness (QED) is 0.851. The number of rotatable bonds is 2. The summed E-state index contributed by atoms with van der Waals surface area (Å²) in [5, 5.41) is 8.78. The van der Waals surface area contributed by atoms with Gasteiger partial charge in [0.25, 0.3) is 5.56 Å². The van der Waals surface area contributed by atoms with Crippen LogP contribution in [0, 0.1) is 11.3 Å². The van der Waals surface area contributed by atoms with E-state index >= 15 is 0 Å². The number of hydrogen-bond donors (Lipinski definition) is 1. The average molecular weight is 228 g/mol. The highest BCUT2D eigenvalue weighted by Gasteiger charge is 2.09. The summed E-state index contributed by atoms with van der Waals surface area (Å²) in [5.41, 5.74) is 0.776. The van der Waals surface area contributed by atoms with Crippen molar-refractivity contribution in [2.75, 3.05) is 0 Å². The predicted molar refractivity (Wildman–Crippen MR) is 59.8 cm³/mol. The summed E-state index contributed by atoms with van der Waals surface area (Å²) in [6.45, 7) is -0.793. The van der Waals surface area contributed by atoms with E-state index in [0.717, 1.165) is 0 Å². The molecule has 17 heavy (non-hydrogen) atoms. The van der Waals surface area contributed by atoms with Gasteiger partial charge in [-0.2, -0.15) is 5.26 Å². The molecule has 0 saturated carbocycles. The first-order valence-corrected chi connectivity index (χ1v) is 4.89. The van der Waals surface area contributed by atoms with Crippen LogP contribution < -0.4 is 5.56 Å². The van der Waals surface area contributed by atoms with Crippen LogP contribution in [0.15, 0.2) is 35.4 Å². The van der Waals surface area contributed by atoms with Crippen molar-refractivity contribution in [3.63, 3.8) is 0 Å². The van der Waals surface area contributed by atoms with Gasteiger partial charge in [0.1, 0.15) is 18.3 Å². The molecule has 4 nitrogen and oxygen atoms in total. The molecule has 2 aromatic rings. The van der Waals surface area contributed by atoms with Crippen LogP contribution in [0.5, 0.6) is 0 Å². The molecule has 0 bridgehead atoms. The highest BCUT2D eigenvalue weighted by molar-refractivity contribution is 5.66. The van der Waals surface area contributed by atoms with Gasteiger partial charge in [-0.05, 0) is 23.8 Å². The first-order chi connectivity index (χ1) is 8.26. The molecule has 0 aliphatic carbocycles. The summed E-state index contributed by atoms with van der Waals surface area (Å²) in [7, 11) is 0. The standard InChI is InChI=1S/C12H8FN3O/c13-6-11-10(8-1-3-15-4-2-8)5-9(7-14)12(17)16-11/h1-5H,6H2,(H,16,17)/i13-1. The number of pyridine rings is 2. The number of nitriles is 1. The Bertz CT molecular complexity index is 628. The van der Waals surface area contributed by atoms with E-state index < -0.39 is 12.2 Å². The largest absolute Gasteiger partial charge is 0.322 e. The van der Waals surface area contributed by atoms with Crippen LogP contribution in [0.2, 0.25) is 0 Å². The molecule has 0 aliphatic heterocycles. The molecule has 2 rings (SSSR count). The van der Waals surface area contributed by atoms with E-state index in [1.165, 1.54) is 6.07 Å². The molecule has 84 valence electrons. The minimum absolute atomic E-state index is 0.0333. The summed E-state index contributed by atoms with van der Waals surface area (Å²) in [4.78, 5) is 17.6. The first-order valence-electron chi connectivity index (χ1n) is 4.89. The highest BCUT2D eigenvalue weighted by Crippen LogP contribution is 2.22. The lowest BCUT2D eigenvalue weighted by Gasteiger charge is -2.06. The molecule has 0 saturated heterocycles. The van der Waals surface area contributed by atoms with Gasteiger partial charge in [-0.1, -0.05) is 0 Å². The van der Waals surface area contributed by atoms with Gasteiger partial charge in [-0.15, -0.1) is 0 Å². The zero-order valence-electron chi connectivity index (χ0n) is 8.77. The lowest BCUT2D eigenvalue weighted by molar-refractivity contribution is 0.476. The summed E-state index contributed by atoms with van der Waals surface area (Å²) in [5.74, 6) is 0. The second-order valence-corrected chi connectivity index (χ2v) is 3.39. The number of nitrogens with one attached hydrogen (secondary N) is 1. The van der Waals surface area contributed by atoms with Crippen LogP contribution in [0.1, 0.15) is 11.3 Å². The summed E-state index contributed by atoms with van der Waals surface area (Å²) < 4.78 is 12.8. The van der Waals surface area contributed by atoms with Gasteiger partial charge in [0.2, 0.25) is 0 Å². The molecule has 0 fully saturated rings. The van der Waals surface area contributed by atoms with Crippen LogP contribution in [-0.2, 0) is 6.67 Å². The van der Waals surface area contributed by atoms with E-state index in [-0.39, 0.29) is 11.3 Å². The van der Waals surface area contributed by atoms with E-state index in [1.807, 2.05) is 0 Å². The Hall–Kier alpha value is -2.48. The third kappa shape index (κ3) is 2.06. The number of nitrogens with zero attached hydrogens (tertiary/aromatic N) is 2. The zero-order chi connectivity index (χ0) is 12.3. The third-order valence-corrected chi connectivity index (χ3v) is 2.37. The second kappa shape index (κ2) is 4.58. The molecular weight excluding hydrogens is 220 g/mol. The molecule has 1 N–H and O–H groups in total. The Balaban J connectivity index is 2.69. The van der Waals surface area contributed by atoms with Crippen molar-refractivity contribution in [1.82, 2.24) is 9.97 Å². The molecule has 0 aliphatic rings. The van der Waals surface area contributed by atoms with Crippen molar-refractivity contribution in [2.24, 2.45) is 0 Å². The molecule has 0 radical (unpaired) electrons. The zero-order valence-corrected chi connectivity index (χ0v) is 8.77. The van der Waals surface area contributed by atoms with Gasteiger partial charge in [-0.3, -0.25) is 9.78 Å². The van der Waals surface area contributed by atoms with E-state index in [9.17, 15) is 9.18 Å². The van der Waals surface area contributed by atoms with E-state index in [1.54, 1.807) is 30.6 Å². The fraction of sp³-hybridized carbons (Fsp3) is 0.0833. The van der Waals surface area contributed by atoms with E-state index in [2.05, 4.69) is 9.97 Å². The molecule has 5 heteroatoms. The summed E-state index contributed by atoms with van der Waals surface area (Å²) in [6, 6.07) is 6.54. The molecule has 2 aromatic heterocycles. The van der Waals surface area contributed by atoms with E-state index in [0.29, 0.717) is 11.1 Å². The smallest absolute Gasteiger partial charge is 0.266 e.